The summed E-state index contributed by atoms with van der Waals surface area (Å²) in [5, 5.41) is 17.1. The number of aryl methyl sites for hydroxylation is 1. The first-order chi connectivity index (χ1) is 16.5. The molecule has 0 unspecified atom stereocenters. The van der Waals surface area contributed by atoms with Crippen molar-refractivity contribution >= 4 is 17.8 Å². The minimum absolute atomic E-state index is 0.00469. The van der Waals surface area contributed by atoms with Gasteiger partial charge in [-0.05, 0) is 61.1 Å². The van der Waals surface area contributed by atoms with Crippen LogP contribution < -0.4 is 20.7 Å². The summed E-state index contributed by atoms with van der Waals surface area (Å²) in [6.07, 6.45) is 5.16. The van der Waals surface area contributed by atoms with E-state index in [1.54, 1.807) is 6.20 Å². The summed E-state index contributed by atoms with van der Waals surface area (Å²) in [7, 11) is 1.82. The molecular formula is C27H29N5O2. The molecule has 34 heavy (non-hydrogen) atoms. The Balaban J connectivity index is 1.28. The molecular weight excluding hydrogens is 426 g/mol. The standard InChI is InChI=1S/C27H29N5O2/c1-17-9-18(4-6-23(17)26(33)32-20-12-27(13-20)15-30-16-27)25-11-22(7-8-31-25)34-21-5-3-19(14-28)24(10-21)29-2/h3-11,14,20,28-30H,12-13,15-16H2,1-2H3,(H,32,33). The second-order valence-corrected chi connectivity index (χ2v) is 9.33. The van der Waals surface area contributed by atoms with Crippen LogP contribution in [0.25, 0.3) is 11.3 Å². The second-order valence-electron chi connectivity index (χ2n) is 9.33. The normalized spacial score (nSPS) is 16.3. The monoisotopic (exact) mass is 455 g/mol. The maximum Gasteiger partial charge on any atom is 0.251 e. The Morgan fingerprint density at radius 3 is 2.62 bits per heavy atom. The molecule has 0 radical (unpaired) electrons. The lowest BCUT2D eigenvalue weighted by Gasteiger charge is -2.54. The van der Waals surface area contributed by atoms with Gasteiger partial charge in [-0.1, -0.05) is 6.07 Å². The topological polar surface area (TPSA) is 99.1 Å². The average molecular weight is 456 g/mol. The van der Waals surface area contributed by atoms with Crippen molar-refractivity contribution in [2.75, 3.05) is 25.5 Å². The summed E-state index contributed by atoms with van der Waals surface area (Å²) in [5.41, 5.74) is 5.38. The Bertz CT molecular complexity index is 1240. The van der Waals surface area contributed by atoms with E-state index in [0.29, 0.717) is 22.5 Å². The molecule has 1 amide bonds. The minimum Gasteiger partial charge on any atom is -0.457 e. The number of amides is 1. The smallest absolute Gasteiger partial charge is 0.251 e. The molecule has 3 aromatic rings. The van der Waals surface area contributed by atoms with Crippen molar-refractivity contribution < 1.29 is 9.53 Å². The molecule has 2 aromatic carbocycles. The third-order valence-electron chi connectivity index (χ3n) is 6.88. The first kappa shape index (κ1) is 22.1. The zero-order valence-electron chi connectivity index (χ0n) is 19.4. The van der Waals surface area contributed by atoms with Crippen molar-refractivity contribution in [3.05, 3.63) is 71.4 Å². The van der Waals surface area contributed by atoms with E-state index in [-0.39, 0.29) is 11.9 Å². The van der Waals surface area contributed by atoms with Gasteiger partial charge in [-0.25, -0.2) is 0 Å². The summed E-state index contributed by atoms with van der Waals surface area (Å²) >= 11 is 0. The van der Waals surface area contributed by atoms with Gasteiger partial charge in [-0.15, -0.1) is 0 Å². The highest BCUT2D eigenvalue weighted by Gasteiger charge is 2.48. The number of nitrogens with one attached hydrogen (secondary N) is 4. The molecule has 1 aromatic heterocycles. The number of hydrogen-bond donors (Lipinski definition) is 4. The van der Waals surface area contributed by atoms with Gasteiger partial charge in [0, 0.05) is 73.1 Å². The number of carbonyl (C=O) groups excluding carboxylic acids is 1. The van der Waals surface area contributed by atoms with Gasteiger partial charge in [0.2, 0.25) is 0 Å². The molecule has 1 spiro atoms. The zero-order chi connectivity index (χ0) is 23.7. The molecule has 174 valence electrons. The highest BCUT2D eigenvalue weighted by molar-refractivity contribution is 5.96. The van der Waals surface area contributed by atoms with Gasteiger partial charge in [0.15, 0.2) is 0 Å². The van der Waals surface area contributed by atoms with Gasteiger partial charge in [0.05, 0.1) is 5.69 Å². The highest BCUT2D eigenvalue weighted by atomic mass is 16.5. The average Bonchev–Trinajstić information content (AvgIpc) is 2.79. The Hall–Kier alpha value is -3.71. The van der Waals surface area contributed by atoms with Crippen molar-refractivity contribution in [1.82, 2.24) is 15.6 Å². The second kappa shape index (κ2) is 8.91. The van der Waals surface area contributed by atoms with Crippen LogP contribution in [0.2, 0.25) is 0 Å². The van der Waals surface area contributed by atoms with Crippen LogP contribution in [0.4, 0.5) is 5.69 Å². The van der Waals surface area contributed by atoms with Crippen LogP contribution in [0.1, 0.15) is 34.3 Å². The van der Waals surface area contributed by atoms with Crippen LogP contribution in [0.5, 0.6) is 11.5 Å². The van der Waals surface area contributed by atoms with Crippen LogP contribution in [0.15, 0.2) is 54.7 Å². The molecule has 2 heterocycles. The molecule has 1 saturated carbocycles. The van der Waals surface area contributed by atoms with Crippen molar-refractivity contribution in [3.8, 4) is 22.8 Å². The van der Waals surface area contributed by atoms with E-state index in [1.807, 2.05) is 62.5 Å². The van der Waals surface area contributed by atoms with Crippen molar-refractivity contribution in [1.29, 1.82) is 5.41 Å². The van der Waals surface area contributed by atoms with E-state index in [0.717, 1.165) is 54.0 Å². The summed E-state index contributed by atoms with van der Waals surface area (Å²) in [4.78, 5) is 17.3. The number of aromatic nitrogens is 1. The minimum atomic E-state index is -0.00469. The molecule has 2 fully saturated rings. The Labute approximate surface area is 199 Å². The lowest BCUT2D eigenvalue weighted by atomic mass is 9.61. The Morgan fingerprint density at radius 1 is 1.15 bits per heavy atom. The maximum atomic E-state index is 12.8. The van der Waals surface area contributed by atoms with Crippen LogP contribution in [-0.2, 0) is 0 Å². The summed E-state index contributed by atoms with van der Waals surface area (Å²) in [5.74, 6) is 1.33. The molecule has 1 aliphatic heterocycles. The van der Waals surface area contributed by atoms with Gasteiger partial charge in [0.25, 0.3) is 5.91 Å². The van der Waals surface area contributed by atoms with Crippen molar-refractivity contribution in [3.63, 3.8) is 0 Å². The number of pyridine rings is 1. The molecule has 1 aliphatic carbocycles. The quantitative estimate of drug-likeness (QED) is 0.397. The van der Waals surface area contributed by atoms with Gasteiger partial charge in [-0.3, -0.25) is 9.78 Å². The number of hydrogen-bond acceptors (Lipinski definition) is 6. The summed E-state index contributed by atoms with van der Waals surface area (Å²) in [6, 6.07) is 15.3. The SMILES string of the molecule is CNc1cc(Oc2ccnc(-c3ccc(C(=O)NC4CC5(CNC5)C4)c(C)c3)c2)ccc1C=N. The van der Waals surface area contributed by atoms with Gasteiger partial charge < -0.3 is 26.1 Å². The molecule has 5 rings (SSSR count). The predicted octanol–water partition coefficient (Wildman–Crippen LogP) is 4.37. The third kappa shape index (κ3) is 4.26. The molecule has 0 bridgehead atoms. The molecule has 2 aliphatic rings. The van der Waals surface area contributed by atoms with Crippen LogP contribution in [0.3, 0.4) is 0 Å². The van der Waals surface area contributed by atoms with Crippen molar-refractivity contribution in [2.24, 2.45) is 5.41 Å². The van der Waals surface area contributed by atoms with E-state index in [9.17, 15) is 4.79 Å². The summed E-state index contributed by atoms with van der Waals surface area (Å²) in [6.45, 7) is 4.12. The molecule has 1 saturated heterocycles. The molecule has 7 nitrogen and oxygen atoms in total. The predicted molar refractivity (Wildman–Crippen MR) is 134 cm³/mol. The zero-order valence-corrected chi connectivity index (χ0v) is 19.4. The highest BCUT2D eigenvalue weighted by Crippen LogP contribution is 2.44. The largest absolute Gasteiger partial charge is 0.457 e. The Morgan fingerprint density at radius 2 is 1.94 bits per heavy atom. The molecule has 7 heteroatoms. The number of carbonyl (C=O) groups is 1. The molecule has 0 atom stereocenters. The summed E-state index contributed by atoms with van der Waals surface area (Å²) < 4.78 is 6.04. The lowest BCUT2D eigenvalue weighted by molar-refractivity contribution is 0.0232. The Kier molecular flexibility index (Phi) is 5.79. The van der Waals surface area contributed by atoms with Crippen LogP contribution in [-0.4, -0.2) is 43.3 Å². The van der Waals surface area contributed by atoms with E-state index in [4.69, 9.17) is 10.1 Å². The van der Waals surface area contributed by atoms with E-state index >= 15 is 0 Å². The van der Waals surface area contributed by atoms with E-state index < -0.39 is 0 Å². The fraction of sp³-hybridized carbons (Fsp3) is 0.296. The number of benzene rings is 2. The fourth-order valence-corrected chi connectivity index (χ4v) is 4.91. The van der Waals surface area contributed by atoms with E-state index in [2.05, 4.69) is 20.9 Å². The first-order valence-electron chi connectivity index (χ1n) is 11.6. The number of ether oxygens (including phenoxy) is 1. The van der Waals surface area contributed by atoms with Crippen molar-refractivity contribution in [2.45, 2.75) is 25.8 Å². The number of nitrogens with zero attached hydrogens (tertiary/aromatic N) is 1. The lowest BCUT2D eigenvalue weighted by Crippen LogP contribution is -2.65. The van der Waals surface area contributed by atoms with Crippen LogP contribution >= 0.6 is 0 Å². The van der Waals surface area contributed by atoms with E-state index in [1.165, 1.54) is 6.21 Å². The van der Waals surface area contributed by atoms with Gasteiger partial charge in [-0.2, -0.15) is 0 Å². The first-order valence-corrected chi connectivity index (χ1v) is 11.6. The molecule has 4 N–H and O–H groups in total. The van der Waals surface area contributed by atoms with Gasteiger partial charge >= 0.3 is 0 Å². The third-order valence-corrected chi connectivity index (χ3v) is 6.88. The maximum absolute atomic E-state index is 12.8. The fourth-order valence-electron chi connectivity index (χ4n) is 4.91. The van der Waals surface area contributed by atoms with Crippen LogP contribution in [0, 0.1) is 17.7 Å². The number of rotatable bonds is 7. The number of anilines is 1. The van der Waals surface area contributed by atoms with Gasteiger partial charge in [0.1, 0.15) is 11.5 Å².